The van der Waals surface area contributed by atoms with Crippen LogP contribution in [-0.4, -0.2) is 24.7 Å². The Kier molecular flexibility index (Phi) is 4.47. The van der Waals surface area contributed by atoms with Crippen molar-refractivity contribution in [3.63, 3.8) is 0 Å². The van der Waals surface area contributed by atoms with E-state index >= 15 is 0 Å². The third-order valence-electron chi connectivity index (χ3n) is 2.24. The Morgan fingerprint density at radius 3 is 2.47 bits per heavy atom. The SMILES string of the molecule is CN(Cc1cc(CN)ccc1F)CC(F)(F)F. The molecule has 1 aromatic rings. The molecule has 0 saturated heterocycles. The number of hydrogen-bond acceptors (Lipinski definition) is 2. The zero-order valence-corrected chi connectivity index (χ0v) is 9.39. The molecule has 0 radical (unpaired) electrons. The first-order chi connectivity index (χ1) is 7.81. The monoisotopic (exact) mass is 250 g/mol. The van der Waals surface area contributed by atoms with Crippen LogP contribution in [0.2, 0.25) is 0 Å². The molecule has 1 rings (SSSR count). The number of nitrogens with two attached hydrogens (primary N) is 1. The van der Waals surface area contributed by atoms with Gasteiger partial charge < -0.3 is 5.73 Å². The van der Waals surface area contributed by atoms with E-state index < -0.39 is 18.5 Å². The smallest absolute Gasteiger partial charge is 0.326 e. The van der Waals surface area contributed by atoms with Crippen LogP contribution in [0.1, 0.15) is 11.1 Å². The summed E-state index contributed by atoms with van der Waals surface area (Å²) in [7, 11) is 1.29. The zero-order valence-electron chi connectivity index (χ0n) is 9.39. The minimum Gasteiger partial charge on any atom is -0.326 e. The molecule has 0 unspecified atom stereocenters. The Balaban J connectivity index is 2.73. The fourth-order valence-electron chi connectivity index (χ4n) is 1.53. The lowest BCUT2D eigenvalue weighted by molar-refractivity contribution is -0.144. The molecule has 96 valence electrons. The lowest BCUT2D eigenvalue weighted by atomic mass is 10.1. The molecule has 2 nitrogen and oxygen atoms in total. The van der Waals surface area contributed by atoms with Crippen LogP contribution < -0.4 is 5.73 Å². The number of rotatable bonds is 4. The van der Waals surface area contributed by atoms with Gasteiger partial charge in [-0.3, -0.25) is 4.90 Å². The predicted molar refractivity (Wildman–Crippen MR) is 56.7 cm³/mol. The fraction of sp³-hybridized carbons (Fsp3) is 0.455. The van der Waals surface area contributed by atoms with Gasteiger partial charge in [-0.1, -0.05) is 12.1 Å². The molecule has 0 bridgehead atoms. The van der Waals surface area contributed by atoms with Crippen LogP contribution in [0.4, 0.5) is 17.6 Å². The van der Waals surface area contributed by atoms with E-state index in [1.54, 1.807) is 0 Å². The zero-order chi connectivity index (χ0) is 13.1. The van der Waals surface area contributed by atoms with Crippen molar-refractivity contribution in [1.82, 2.24) is 4.90 Å². The summed E-state index contributed by atoms with van der Waals surface area (Å²) in [6.45, 7) is -0.936. The number of nitrogens with zero attached hydrogens (tertiary/aromatic N) is 1. The molecule has 17 heavy (non-hydrogen) atoms. The summed E-state index contributed by atoms with van der Waals surface area (Å²) >= 11 is 0. The molecule has 0 spiro atoms. The molecule has 0 aromatic heterocycles. The topological polar surface area (TPSA) is 29.3 Å². The molecule has 0 heterocycles. The van der Waals surface area contributed by atoms with Crippen LogP contribution in [0.25, 0.3) is 0 Å². The summed E-state index contributed by atoms with van der Waals surface area (Å²) < 4.78 is 49.6. The molecule has 2 N–H and O–H groups in total. The van der Waals surface area contributed by atoms with Gasteiger partial charge in [0.2, 0.25) is 0 Å². The summed E-state index contributed by atoms with van der Waals surface area (Å²) in [5.74, 6) is -0.517. The molecule has 1 aromatic carbocycles. The maximum Gasteiger partial charge on any atom is 0.401 e. The van der Waals surface area contributed by atoms with Crippen molar-refractivity contribution < 1.29 is 17.6 Å². The van der Waals surface area contributed by atoms with E-state index in [1.165, 1.54) is 25.2 Å². The van der Waals surface area contributed by atoms with E-state index in [0.29, 0.717) is 5.56 Å². The second kappa shape index (κ2) is 5.46. The van der Waals surface area contributed by atoms with Crippen molar-refractivity contribution in [3.8, 4) is 0 Å². The van der Waals surface area contributed by atoms with Gasteiger partial charge in [0.1, 0.15) is 5.82 Å². The van der Waals surface area contributed by atoms with E-state index in [2.05, 4.69) is 0 Å². The van der Waals surface area contributed by atoms with Crippen molar-refractivity contribution in [2.45, 2.75) is 19.3 Å². The standard InChI is InChI=1S/C11H14F4N2/c1-17(7-11(13,14)15)6-9-4-8(5-16)2-3-10(9)12/h2-4H,5-7,16H2,1H3. The fourth-order valence-corrected chi connectivity index (χ4v) is 1.53. The Labute approximate surface area is 97.0 Å². The maximum absolute atomic E-state index is 13.4. The van der Waals surface area contributed by atoms with Crippen molar-refractivity contribution in [2.24, 2.45) is 5.73 Å². The van der Waals surface area contributed by atoms with Gasteiger partial charge in [0.15, 0.2) is 0 Å². The summed E-state index contributed by atoms with van der Waals surface area (Å²) in [5.41, 5.74) is 6.30. The summed E-state index contributed by atoms with van der Waals surface area (Å²) in [5, 5.41) is 0. The molecular formula is C11H14F4N2. The van der Waals surface area contributed by atoms with Crippen LogP contribution >= 0.6 is 0 Å². The minimum atomic E-state index is -4.28. The Morgan fingerprint density at radius 1 is 1.29 bits per heavy atom. The molecule has 0 atom stereocenters. The van der Waals surface area contributed by atoms with Crippen molar-refractivity contribution in [1.29, 1.82) is 0 Å². The average molecular weight is 250 g/mol. The van der Waals surface area contributed by atoms with E-state index in [-0.39, 0.29) is 18.7 Å². The van der Waals surface area contributed by atoms with Gasteiger partial charge in [-0.2, -0.15) is 13.2 Å². The lowest BCUT2D eigenvalue weighted by Gasteiger charge is -2.19. The second-order valence-electron chi connectivity index (χ2n) is 3.92. The highest BCUT2D eigenvalue weighted by atomic mass is 19.4. The van der Waals surface area contributed by atoms with Gasteiger partial charge in [-0.15, -0.1) is 0 Å². The quantitative estimate of drug-likeness (QED) is 0.831. The normalized spacial score (nSPS) is 12.2. The first-order valence-corrected chi connectivity index (χ1v) is 5.04. The van der Waals surface area contributed by atoms with Crippen molar-refractivity contribution >= 4 is 0 Å². The third-order valence-corrected chi connectivity index (χ3v) is 2.24. The van der Waals surface area contributed by atoms with Crippen LogP contribution in [0.15, 0.2) is 18.2 Å². The minimum absolute atomic E-state index is 0.0980. The third kappa shape index (κ3) is 4.70. The molecule has 0 aliphatic rings. The summed E-state index contributed by atoms with van der Waals surface area (Å²) in [6.07, 6.45) is -4.28. The molecule has 6 heteroatoms. The highest BCUT2D eigenvalue weighted by Crippen LogP contribution is 2.18. The van der Waals surface area contributed by atoms with Crippen LogP contribution in [-0.2, 0) is 13.1 Å². The Hall–Kier alpha value is -1.14. The molecule has 0 amide bonds. The maximum atomic E-state index is 13.4. The predicted octanol–water partition coefficient (Wildman–Crippen LogP) is 2.28. The summed E-state index contributed by atoms with van der Waals surface area (Å²) in [4.78, 5) is 1.01. The summed E-state index contributed by atoms with van der Waals surface area (Å²) in [6, 6.07) is 4.23. The first kappa shape index (κ1) is 13.9. The van der Waals surface area contributed by atoms with Crippen LogP contribution in [0, 0.1) is 5.82 Å². The van der Waals surface area contributed by atoms with Crippen LogP contribution in [0.3, 0.4) is 0 Å². The van der Waals surface area contributed by atoms with E-state index in [0.717, 1.165) is 4.90 Å². The van der Waals surface area contributed by atoms with Gasteiger partial charge in [-0.25, -0.2) is 4.39 Å². The van der Waals surface area contributed by atoms with E-state index in [1.807, 2.05) is 0 Å². The molecular weight excluding hydrogens is 236 g/mol. The van der Waals surface area contributed by atoms with Crippen molar-refractivity contribution in [2.75, 3.05) is 13.6 Å². The van der Waals surface area contributed by atoms with Gasteiger partial charge in [-0.05, 0) is 18.7 Å². The first-order valence-electron chi connectivity index (χ1n) is 5.04. The molecule has 0 saturated carbocycles. The number of alkyl halides is 3. The molecule has 0 fully saturated rings. The van der Waals surface area contributed by atoms with Gasteiger partial charge in [0.25, 0.3) is 0 Å². The van der Waals surface area contributed by atoms with Crippen LogP contribution in [0.5, 0.6) is 0 Å². The van der Waals surface area contributed by atoms with E-state index in [4.69, 9.17) is 5.73 Å². The Bertz CT molecular complexity index is 376. The molecule has 0 aliphatic carbocycles. The van der Waals surface area contributed by atoms with Gasteiger partial charge >= 0.3 is 6.18 Å². The largest absolute Gasteiger partial charge is 0.401 e. The lowest BCUT2D eigenvalue weighted by Crippen LogP contribution is -2.30. The second-order valence-corrected chi connectivity index (χ2v) is 3.92. The highest BCUT2D eigenvalue weighted by Gasteiger charge is 2.29. The number of halogens is 4. The number of hydrogen-bond donors (Lipinski definition) is 1. The Morgan fingerprint density at radius 2 is 1.94 bits per heavy atom. The van der Waals surface area contributed by atoms with Crippen molar-refractivity contribution in [3.05, 3.63) is 35.1 Å². The average Bonchev–Trinajstić information content (AvgIpc) is 2.18. The number of benzene rings is 1. The van der Waals surface area contributed by atoms with Gasteiger partial charge in [0, 0.05) is 18.7 Å². The van der Waals surface area contributed by atoms with Gasteiger partial charge in [0.05, 0.1) is 6.54 Å². The molecule has 0 aliphatic heterocycles. The highest BCUT2D eigenvalue weighted by molar-refractivity contribution is 5.24. The van der Waals surface area contributed by atoms with E-state index in [9.17, 15) is 17.6 Å².